The fourth-order valence-corrected chi connectivity index (χ4v) is 3.08. The van der Waals surface area contributed by atoms with Crippen molar-refractivity contribution in [3.05, 3.63) is 71.5 Å². The maximum Gasteiger partial charge on any atom is 0.265 e. The molecule has 2 atom stereocenters. The Balaban J connectivity index is 1.63. The van der Waals surface area contributed by atoms with Gasteiger partial charge >= 0.3 is 0 Å². The summed E-state index contributed by atoms with van der Waals surface area (Å²) in [6.45, 7) is 0.706. The largest absolute Gasteiger partial charge is 0.383 e. The van der Waals surface area contributed by atoms with E-state index in [9.17, 15) is 14.0 Å². The number of carbonyl (C=O) groups is 2. The Labute approximate surface area is 174 Å². The Morgan fingerprint density at radius 2 is 2.03 bits per heavy atom. The molecule has 1 heterocycles. The fourth-order valence-electron chi connectivity index (χ4n) is 3.08. The molecule has 1 aliphatic heterocycles. The molecule has 0 bridgehead atoms. The lowest BCUT2D eigenvalue weighted by atomic mass is 10.0. The number of hydrogen-bond acceptors (Lipinski definition) is 5. The summed E-state index contributed by atoms with van der Waals surface area (Å²) in [6.07, 6.45) is -0.359. The third-order valence-corrected chi connectivity index (χ3v) is 4.64. The van der Waals surface area contributed by atoms with Gasteiger partial charge in [0.1, 0.15) is 11.9 Å². The van der Waals surface area contributed by atoms with Crippen LogP contribution in [-0.2, 0) is 25.6 Å². The molecule has 3 rings (SSSR count). The lowest BCUT2D eigenvalue weighted by Crippen LogP contribution is -2.51. The molecule has 7 nitrogen and oxygen atoms in total. The lowest BCUT2D eigenvalue weighted by Gasteiger charge is -2.20. The number of nitrogens with one attached hydrogen (secondary N) is 2. The van der Waals surface area contributed by atoms with Crippen LogP contribution in [0.4, 0.5) is 4.39 Å². The number of oxime groups is 1. The molecule has 0 aliphatic carbocycles. The summed E-state index contributed by atoms with van der Waals surface area (Å²) in [5.41, 5.74) is 1.95. The van der Waals surface area contributed by atoms with Crippen LogP contribution in [0, 0.1) is 5.82 Å². The molecule has 0 fully saturated rings. The summed E-state index contributed by atoms with van der Waals surface area (Å²) in [5.74, 6) is -1.15. The summed E-state index contributed by atoms with van der Waals surface area (Å²) in [5, 5.41) is 9.42. The normalized spacial score (nSPS) is 16.3. The van der Waals surface area contributed by atoms with Crippen molar-refractivity contribution in [1.82, 2.24) is 10.6 Å². The topological polar surface area (TPSA) is 89.0 Å². The highest BCUT2D eigenvalue weighted by molar-refractivity contribution is 6.04. The van der Waals surface area contributed by atoms with Crippen molar-refractivity contribution in [1.29, 1.82) is 0 Å². The van der Waals surface area contributed by atoms with Crippen LogP contribution in [0.5, 0.6) is 0 Å². The van der Waals surface area contributed by atoms with Gasteiger partial charge in [-0.2, -0.15) is 0 Å². The van der Waals surface area contributed by atoms with Crippen LogP contribution < -0.4 is 10.6 Å². The van der Waals surface area contributed by atoms with Crippen LogP contribution in [0.25, 0.3) is 0 Å². The maximum atomic E-state index is 13.4. The average molecular weight is 413 g/mol. The van der Waals surface area contributed by atoms with E-state index in [4.69, 9.17) is 9.57 Å². The quantitative estimate of drug-likeness (QED) is 0.614. The van der Waals surface area contributed by atoms with Gasteiger partial charge in [-0.15, -0.1) is 0 Å². The van der Waals surface area contributed by atoms with Crippen molar-refractivity contribution >= 4 is 17.5 Å². The number of halogens is 1. The van der Waals surface area contributed by atoms with E-state index in [0.29, 0.717) is 30.8 Å². The van der Waals surface area contributed by atoms with E-state index in [2.05, 4.69) is 15.8 Å². The van der Waals surface area contributed by atoms with Crippen molar-refractivity contribution in [3.63, 3.8) is 0 Å². The minimum absolute atomic E-state index is 0.193. The molecular weight excluding hydrogens is 389 g/mol. The second kappa shape index (κ2) is 10.5. The third-order valence-electron chi connectivity index (χ3n) is 4.64. The SMILES string of the molecule is COCCNC(=O)[C@@H](Cc1ccccc1)NC(=O)[C@H]1CC(c2cccc(F)c2)=NO1. The van der Waals surface area contributed by atoms with Gasteiger partial charge < -0.3 is 20.2 Å². The lowest BCUT2D eigenvalue weighted by molar-refractivity contribution is -0.135. The summed E-state index contributed by atoms with van der Waals surface area (Å²) < 4.78 is 18.4. The van der Waals surface area contributed by atoms with Gasteiger partial charge in [0, 0.05) is 32.1 Å². The summed E-state index contributed by atoms with van der Waals surface area (Å²) >= 11 is 0. The average Bonchev–Trinajstić information content (AvgIpc) is 3.25. The second-order valence-corrected chi connectivity index (χ2v) is 6.88. The van der Waals surface area contributed by atoms with E-state index < -0.39 is 23.9 Å². The van der Waals surface area contributed by atoms with Crippen molar-refractivity contribution in [2.45, 2.75) is 25.0 Å². The van der Waals surface area contributed by atoms with Crippen molar-refractivity contribution < 1.29 is 23.6 Å². The highest BCUT2D eigenvalue weighted by Crippen LogP contribution is 2.18. The van der Waals surface area contributed by atoms with Gasteiger partial charge in [0.05, 0.1) is 12.3 Å². The number of ether oxygens (including phenoxy) is 1. The Kier molecular flexibility index (Phi) is 7.51. The first kappa shape index (κ1) is 21.4. The van der Waals surface area contributed by atoms with Gasteiger partial charge in [0.25, 0.3) is 5.91 Å². The van der Waals surface area contributed by atoms with Crippen molar-refractivity contribution in [2.75, 3.05) is 20.3 Å². The Hall–Kier alpha value is -3.26. The molecule has 0 unspecified atom stereocenters. The molecule has 2 amide bonds. The molecule has 0 saturated carbocycles. The van der Waals surface area contributed by atoms with E-state index in [-0.39, 0.29) is 12.3 Å². The molecule has 0 saturated heterocycles. The molecule has 0 spiro atoms. The third kappa shape index (κ3) is 5.87. The molecule has 0 aromatic heterocycles. The predicted molar refractivity (Wildman–Crippen MR) is 109 cm³/mol. The van der Waals surface area contributed by atoms with E-state index in [1.54, 1.807) is 19.2 Å². The zero-order chi connectivity index (χ0) is 21.3. The van der Waals surface area contributed by atoms with Crippen LogP contribution in [0.1, 0.15) is 17.5 Å². The summed E-state index contributed by atoms with van der Waals surface area (Å²) in [4.78, 5) is 30.6. The number of hydrogen-bond donors (Lipinski definition) is 2. The van der Waals surface area contributed by atoms with Crippen LogP contribution in [0.3, 0.4) is 0 Å². The number of amides is 2. The Morgan fingerprint density at radius 3 is 2.77 bits per heavy atom. The van der Waals surface area contributed by atoms with Gasteiger partial charge in [-0.25, -0.2) is 4.39 Å². The molecule has 2 aromatic rings. The van der Waals surface area contributed by atoms with E-state index in [0.717, 1.165) is 5.56 Å². The zero-order valence-corrected chi connectivity index (χ0v) is 16.6. The first-order valence-corrected chi connectivity index (χ1v) is 9.66. The number of methoxy groups -OCH3 is 1. The number of carbonyl (C=O) groups excluding carboxylic acids is 2. The molecular formula is C22H24FN3O4. The fraction of sp³-hybridized carbons (Fsp3) is 0.318. The molecule has 2 N–H and O–H groups in total. The highest BCUT2D eigenvalue weighted by Gasteiger charge is 2.32. The summed E-state index contributed by atoms with van der Waals surface area (Å²) in [7, 11) is 1.54. The number of nitrogens with zero attached hydrogens (tertiary/aromatic N) is 1. The number of benzene rings is 2. The predicted octanol–water partition coefficient (Wildman–Crippen LogP) is 1.81. The maximum absolute atomic E-state index is 13.4. The Morgan fingerprint density at radius 1 is 1.23 bits per heavy atom. The molecule has 8 heteroatoms. The van der Waals surface area contributed by atoms with E-state index in [1.807, 2.05) is 30.3 Å². The summed E-state index contributed by atoms with van der Waals surface area (Å²) in [6, 6.07) is 14.6. The van der Waals surface area contributed by atoms with E-state index >= 15 is 0 Å². The van der Waals surface area contributed by atoms with Crippen LogP contribution in [-0.4, -0.2) is 49.9 Å². The molecule has 1 aliphatic rings. The van der Waals surface area contributed by atoms with E-state index in [1.165, 1.54) is 12.1 Å². The van der Waals surface area contributed by atoms with Crippen molar-refractivity contribution in [2.24, 2.45) is 5.16 Å². The van der Waals surface area contributed by atoms with Crippen LogP contribution in [0.15, 0.2) is 59.8 Å². The standard InChI is InChI=1S/C22H24FN3O4/c1-29-11-10-24-21(27)19(12-15-6-3-2-4-7-15)25-22(28)20-14-18(26-30-20)16-8-5-9-17(23)13-16/h2-9,13,19-20H,10-12,14H2,1H3,(H,24,27)(H,25,28)/t19-,20-/m1/s1. The minimum Gasteiger partial charge on any atom is -0.383 e. The molecule has 158 valence electrons. The van der Waals surface area contributed by atoms with Gasteiger partial charge in [-0.1, -0.05) is 47.6 Å². The molecule has 30 heavy (non-hydrogen) atoms. The minimum atomic E-state index is -0.881. The smallest absolute Gasteiger partial charge is 0.265 e. The monoisotopic (exact) mass is 413 g/mol. The van der Waals surface area contributed by atoms with Crippen molar-refractivity contribution in [3.8, 4) is 0 Å². The van der Waals surface area contributed by atoms with Gasteiger partial charge in [-0.05, 0) is 17.7 Å². The highest BCUT2D eigenvalue weighted by atomic mass is 19.1. The van der Waals surface area contributed by atoms with Gasteiger partial charge in [-0.3, -0.25) is 9.59 Å². The van der Waals surface area contributed by atoms with Gasteiger partial charge in [0.15, 0.2) is 0 Å². The number of rotatable bonds is 9. The first-order chi connectivity index (χ1) is 14.6. The van der Waals surface area contributed by atoms with Crippen LogP contribution in [0.2, 0.25) is 0 Å². The van der Waals surface area contributed by atoms with Crippen LogP contribution >= 0.6 is 0 Å². The molecule has 2 aromatic carbocycles. The zero-order valence-electron chi connectivity index (χ0n) is 16.6. The molecule has 0 radical (unpaired) electrons. The first-order valence-electron chi connectivity index (χ1n) is 9.66. The second-order valence-electron chi connectivity index (χ2n) is 6.88. The Bertz CT molecular complexity index is 904. The van der Waals surface area contributed by atoms with Gasteiger partial charge in [0.2, 0.25) is 12.0 Å².